The fourth-order valence-corrected chi connectivity index (χ4v) is 2.80. The summed E-state index contributed by atoms with van der Waals surface area (Å²) in [6, 6.07) is 11.3. The molecule has 9 heteroatoms. The first-order valence-corrected chi connectivity index (χ1v) is 8.46. The maximum absolute atomic E-state index is 14.2. The molecule has 0 aliphatic heterocycles. The zero-order valence-electron chi connectivity index (χ0n) is 15.1. The number of amides is 2. The zero-order valence-corrected chi connectivity index (χ0v) is 15.1. The third-order valence-corrected chi connectivity index (χ3v) is 4.18. The Balaban J connectivity index is 2.27. The van der Waals surface area contributed by atoms with Gasteiger partial charge in [-0.3, -0.25) is 9.59 Å². The van der Waals surface area contributed by atoms with Gasteiger partial charge < -0.3 is 5.73 Å². The fourth-order valence-electron chi connectivity index (χ4n) is 2.80. The van der Waals surface area contributed by atoms with Crippen LogP contribution in [-0.4, -0.2) is 11.8 Å². The predicted molar refractivity (Wildman–Crippen MR) is 99.8 cm³/mol. The van der Waals surface area contributed by atoms with Crippen molar-refractivity contribution >= 4 is 23.2 Å². The van der Waals surface area contributed by atoms with E-state index in [0.29, 0.717) is 6.07 Å². The lowest BCUT2D eigenvalue weighted by Gasteiger charge is -2.25. The Bertz CT molecular complexity index is 1070. The van der Waals surface area contributed by atoms with Gasteiger partial charge in [-0.25, -0.2) is 13.7 Å². The molecule has 3 rings (SSSR count). The monoisotopic (exact) mass is 420 g/mol. The van der Waals surface area contributed by atoms with Crippen LogP contribution in [-0.2, 0) is 6.18 Å². The minimum atomic E-state index is -5.01. The summed E-state index contributed by atoms with van der Waals surface area (Å²) in [6.45, 7) is 0. The van der Waals surface area contributed by atoms with E-state index in [1.54, 1.807) is 0 Å². The summed E-state index contributed by atoms with van der Waals surface area (Å²) in [5, 5.41) is 0. The van der Waals surface area contributed by atoms with Gasteiger partial charge in [-0.2, -0.15) is 13.2 Å². The molecule has 0 unspecified atom stereocenters. The Morgan fingerprint density at radius 1 is 0.767 bits per heavy atom. The first-order valence-electron chi connectivity index (χ1n) is 8.46. The van der Waals surface area contributed by atoms with Gasteiger partial charge in [0.25, 0.3) is 11.8 Å². The Kier molecular flexibility index (Phi) is 5.55. The van der Waals surface area contributed by atoms with Crippen molar-refractivity contribution in [2.75, 3.05) is 10.6 Å². The number of nitrogen functional groups attached to an aromatic ring is 1. The lowest BCUT2D eigenvalue weighted by atomic mass is 10.1. The van der Waals surface area contributed by atoms with E-state index in [1.165, 1.54) is 24.3 Å². The van der Waals surface area contributed by atoms with E-state index in [1.807, 2.05) is 0 Å². The summed E-state index contributed by atoms with van der Waals surface area (Å²) in [4.78, 5) is 26.1. The molecule has 154 valence electrons. The number of carbonyl (C=O) groups is 2. The van der Waals surface area contributed by atoms with Crippen LogP contribution in [0.15, 0.2) is 66.7 Å². The summed E-state index contributed by atoms with van der Waals surface area (Å²) >= 11 is 0. The van der Waals surface area contributed by atoms with Gasteiger partial charge in [-0.05, 0) is 42.5 Å². The highest BCUT2D eigenvalue weighted by Gasteiger charge is 2.39. The molecule has 0 saturated carbocycles. The number of imide groups is 1. The van der Waals surface area contributed by atoms with E-state index >= 15 is 0 Å². The van der Waals surface area contributed by atoms with Crippen molar-refractivity contribution in [3.63, 3.8) is 0 Å². The van der Waals surface area contributed by atoms with Crippen molar-refractivity contribution in [2.45, 2.75) is 6.18 Å². The fraction of sp³-hybridized carbons (Fsp3) is 0.0476. The van der Waals surface area contributed by atoms with E-state index in [-0.39, 0.29) is 10.6 Å². The average Bonchev–Trinajstić information content (AvgIpc) is 2.69. The first-order chi connectivity index (χ1) is 14.1. The molecule has 0 aromatic heterocycles. The molecule has 0 saturated heterocycles. The van der Waals surface area contributed by atoms with E-state index in [0.717, 1.165) is 36.4 Å². The van der Waals surface area contributed by atoms with E-state index in [9.17, 15) is 31.5 Å². The van der Waals surface area contributed by atoms with Crippen LogP contribution in [0.25, 0.3) is 0 Å². The average molecular weight is 420 g/mol. The molecule has 2 N–H and O–H groups in total. The van der Waals surface area contributed by atoms with Crippen LogP contribution < -0.4 is 10.6 Å². The van der Waals surface area contributed by atoms with E-state index in [2.05, 4.69) is 0 Å². The van der Waals surface area contributed by atoms with Gasteiger partial charge in [0.05, 0.1) is 22.4 Å². The highest BCUT2D eigenvalue weighted by atomic mass is 19.4. The first kappa shape index (κ1) is 21.0. The molecule has 0 fully saturated rings. The smallest absolute Gasteiger partial charge is 0.399 e. The quantitative estimate of drug-likeness (QED) is 0.366. The highest BCUT2D eigenvalue weighted by molar-refractivity contribution is 6.26. The molecule has 4 nitrogen and oxygen atoms in total. The minimum Gasteiger partial charge on any atom is -0.399 e. The molecule has 0 aliphatic rings. The van der Waals surface area contributed by atoms with Crippen molar-refractivity contribution in [3.8, 4) is 0 Å². The maximum Gasteiger partial charge on any atom is 0.418 e. The number of hydrogen-bond donors (Lipinski definition) is 1. The number of nitrogens with zero attached hydrogens (tertiary/aromatic N) is 1. The lowest BCUT2D eigenvalue weighted by Crippen LogP contribution is -2.39. The highest BCUT2D eigenvalue weighted by Crippen LogP contribution is 2.39. The number of nitrogens with two attached hydrogens (primary N) is 1. The van der Waals surface area contributed by atoms with Crippen LogP contribution in [0.4, 0.5) is 33.3 Å². The maximum atomic E-state index is 14.2. The molecular weight excluding hydrogens is 407 g/mol. The van der Waals surface area contributed by atoms with Gasteiger partial charge in [-0.1, -0.05) is 24.3 Å². The molecule has 0 bridgehead atoms. The number of alkyl halides is 3. The lowest BCUT2D eigenvalue weighted by molar-refractivity contribution is -0.137. The molecule has 0 radical (unpaired) electrons. The third-order valence-electron chi connectivity index (χ3n) is 4.18. The van der Waals surface area contributed by atoms with Crippen LogP contribution in [0, 0.1) is 11.6 Å². The van der Waals surface area contributed by atoms with Crippen molar-refractivity contribution in [1.82, 2.24) is 0 Å². The van der Waals surface area contributed by atoms with Crippen LogP contribution in [0.3, 0.4) is 0 Å². The van der Waals surface area contributed by atoms with Gasteiger partial charge in [0.2, 0.25) is 0 Å². The molecule has 30 heavy (non-hydrogen) atoms. The van der Waals surface area contributed by atoms with Gasteiger partial charge in [0.15, 0.2) is 0 Å². The van der Waals surface area contributed by atoms with Gasteiger partial charge in [0.1, 0.15) is 11.6 Å². The second-order valence-electron chi connectivity index (χ2n) is 6.18. The largest absolute Gasteiger partial charge is 0.418 e. The van der Waals surface area contributed by atoms with Crippen molar-refractivity contribution in [1.29, 1.82) is 0 Å². The van der Waals surface area contributed by atoms with Gasteiger partial charge in [-0.15, -0.1) is 0 Å². The number of rotatable bonds is 3. The van der Waals surface area contributed by atoms with Crippen LogP contribution >= 0.6 is 0 Å². The number of hydrogen-bond acceptors (Lipinski definition) is 3. The minimum absolute atomic E-state index is 0.0963. The standard InChI is InChI=1S/C21H13F5N2O2/c22-16-7-3-1-5-13(16)19(29)28(20(30)14-6-2-4-8-17(14)23)18-10-9-12(27)11-15(18)21(24,25)26/h1-11H,27H2. The van der Waals surface area contributed by atoms with Crippen molar-refractivity contribution < 1.29 is 31.5 Å². The second kappa shape index (κ2) is 7.94. The van der Waals surface area contributed by atoms with Crippen LogP contribution in [0.5, 0.6) is 0 Å². The Labute approximate surface area is 167 Å². The number of carbonyl (C=O) groups excluding carboxylic acids is 2. The molecule has 2 amide bonds. The third kappa shape index (κ3) is 4.00. The molecule has 0 aliphatic carbocycles. The van der Waals surface area contributed by atoms with Crippen molar-refractivity contribution in [2.24, 2.45) is 0 Å². The topological polar surface area (TPSA) is 63.4 Å². The molecule has 0 spiro atoms. The Morgan fingerprint density at radius 3 is 1.67 bits per heavy atom. The summed E-state index contributed by atoms with van der Waals surface area (Å²) in [5.74, 6) is -4.90. The summed E-state index contributed by atoms with van der Waals surface area (Å²) in [5.41, 5.74) is 1.53. The van der Waals surface area contributed by atoms with E-state index < -0.39 is 52.0 Å². The number of benzene rings is 3. The van der Waals surface area contributed by atoms with Crippen molar-refractivity contribution in [3.05, 3.63) is 95.1 Å². The molecular formula is C21H13F5N2O2. The molecule has 3 aromatic carbocycles. The van der Waals surface area contributed by atoms with Crippen LogP contribution in [0.1, 0.15) is 26.3 Å². The number of anilines is 2. The summed E-state index contributed by atoms with van der Waals surface area (Å²) in [6.07, 6.45) is -5.01. The Hall–Kier alpha value is -3.75. The molecule has 0 atom stereocenters. The normalized spacial score (nSPS) is 11.2. The van der Waals surface area contributed by atoms with Gasteiger partial charge >= 0.3 is 6.18 Å². The van der Waals surface area contributed by atoms with Crippen LogP contribution in [0.2, 0.25) is 0 Å². The molecule has 3 aromatic rings. The van der Waals surface area contributed by atoms with E-state index in [4.69, 9.17) is 5.73 Å². The predicted octanol–water partition coefficient (Wildman–Crippen LogP) is 5.05. The summed E-state index contributed by atoms with van der Waals surface area (Å²) < 4.78 is 69.2. The zero-order chi connectivity index (χ0) is 22.1. The number of halogens is 5. The SMILES string of the molecule is Nc1ccc(N(C(=O)c2ccccc2F)C(=O)c2ccccc2F)c(C(F)(F)F)c1. The van der Waals surface area contributed by atoms with Gasteiger partial charge in [0, 0.05) is 5.69 Å². The summed E-state index contributed by atoms with van der Waals surface area (Å²) in [7, 11) is 0. The molecule has 0 heterocycles. The second-order valence-corrected chi connectivity index (χ2v) is 6.18. The Morgan fingerprint density at radius 2 is 1.23 bits per heavy atom.